The molecule has 0 fully saturated rings. The highest BCUT2D eigenvalue weighted by Crippen LogP contribution is 2.39. The van der Waals surface area contributed by atoms with Crippen molar-refractivity contribution in [1.29, 1.82) is 0 Å². The molecule has 1 N–H and O–H groups in total. The summed E-state index contributed by atoms with van der Waals surface area (Å²) in [5.41, 5.74) is -0.00927. The molecule has 26 heavy (non-hydrogen) atoms. The Kier molecular flexibility index (Phi) is 5.68. The number of benzene rings is 1. The number of carbonyl (C=O) groups excluding carboxylic acids is 1. The van der Waals surface area contributed by atoms with Crippen LogP contribution in [0.3, 0.4) is 0 Å². The lowest BCUT2D eigenvalue weighted by atomic mass is 9.96. The van der Waals surface area contributed by atoms with Gasteiger partial charge >= 0.3 is 11.9 Å². The highest BCUT2D eigenvalue weighted by Gasteiger charge is 2.45. The van der Waals surface area contributed by atoms with Crippen molar-refractivity contribution in [2.45, 2.75) is 51.3 Å². The van der Waals surface area contributed by atoms with Crippen LogP contribution < -0.4 is 0 Å². The third-order valence-corrected chi connectivity index (χ3v) is 4.44. The van der Waals surface area contributed by atoms with E-state index >= 15 is 0 Å². The van der Waals surface area contributed by atoms with Gasteiger partial charge in [-0.3, -0.25) is 0 Å². The minimum Gasteiger partial charge on any atom is -0.478 e. The number of carboxylic acids is 1. The lowest BCUT2D eigenvalue weighted by Gasteiger charge is -2.33. The molecule has 6 nitrogen and oxygen atoms in total. The van der Waals surface area contributed by atoms with Gasteiger partial charge in [0.15, 0.2) is 0 Å². The average Bonchev–Trinajstić information content (AvgIpc) is 2.72. The minimum atomic E-state index is -1.27. The van der Waals surface area contributed by atoms with Crippen LogP contribution in [0.2, 0.25) is 0 Å². The van der Waals surface area contributed by atoms with Gasteiger partial charge in [-0.15, -0.1) is 10.3 Å². The largest absolute Gasteiger partial charge is 0.478 e. The van der Waals surface area contributed by atoms with E-state index in [-0.39, 0.29) is 6.42 Å². The zero-order chi connectivity index (χ0) is 19.5. The number of ether oxygens (including phenoxy) is 1. The monoisotopic (exact) mass is 358 g/mol. The van der Waals surface area contributed by atoms with Gasteiger partial charge in [-0.1, -0.05) is 42.5 Å². The molecule has 0 aliphatic carbocycles. The molecule has 0 unspecified atom stereocenters. The summed E-state index contributed by atoms with van der Waals surface area (Å²) in [6, 6.07) is 8.96. The predicted molar refractivity (Wildman–Crippen MR) is 95.6 cm³/mol. The van der Waals surface area contributed by atoms with Gasteiger partial charge in [0.1, 0.15) is 0 Å². The number of carboxylic acid groups (broad SMARTS) is 1. The lowest BCUT2D eigenvalue weighted by Crippen LogP contribution is -2.46. The van der Waals surface area contributed by atoms with Crippen molar-refractivity contribution in [1.82, 2.24) is 5.06 Å². The first kappa shape index (κ1) is 19.9. The van der Waals surface area contributed by atoms with Crippen LogP contribution in [0.5, 0.6) is 0 Å². The molecule has 0 spiro atoms. The zero-order valence-electron chi connectivity index (χ0n) is 15.4. The summed E-state index contributed by atoms with van der Waals surface area (Å²) >= 11 is 0. The quantitative estimate of drug-likeness (QED) is 0.624. The number of nitrogens with zero attached hydrogens (tertiary/aromatic N) is 1. The molecule has 6 heteroatoms. The Morgan fingerprint density at radius 2 is 1.81 bits per heavy atom. The van der Waals surface area contributed by atoms with Gasteiger partial charge in [0.05, 0.1) is 11.1 Å². The number of rotatable bonds is 6. The van der Waals surface area contributed by atoms with E-state index in [4.69, 9.17) is 4.74 Å². The van der Waals surface area contributed by atoms with Crippen LogP contribution in [-0.4, -0.2) is 39.3 Å². The molecule has 2 rings (SSSR count). The van der Waals surface area contributed by atoms with Crippen molar-refractivity contribution in [3.63, 3.8) is 0 Å². The van der Waals surface area contributed by atoms with Crippen LogP contribution in [0.4, 0.5) is 0 Å². The standard InChI is InChI=1S/C20H24NO5/c1-19(2)13-15(20(3,4)21(19)25)10-11-17(22)26-16(18(23)24)12-14-8-6-5-7-9-14/h5-11,13,16H,12H2,1-4H3,(H,23,24)/b11-10+/t16-/m0/s1. The Balaban J connectivity index is 2.06. The second-order valence-corrected chi connectivity index (χ2v) is 7.39. The van der Waals surface area contributed by atoms with Crippen molar-refractivity contribution in [2.24, 2.45) is 0 Å². The lowest BCUT2D eigenvalue weighted by molar-refractivity contribution is -0.238. The second kappa shape index (κ2) is 7.43. The Labute approximate surface area is 153 Å². The molecule has 1 atom stereocenters. The van der Waals surface area contributed by atoms with Gasteiger partial charge in [-0.2, -0.15) is 0 Å². The summed E-state index contributed by atoms with van der Waals surface area (Å²) in [4.78, 5) is 23.4. The fourth-order valence-electron chi connectivity index (χ4n) is 3.05. The summed E-state index contributed by atoms with van der Waals surface area (Å²) in [5, 5.41) is 22.6. The maximum Gasteiger partial charge on any atom is 0.345 e. The summed E-state index contributed by atoms with van der Waals surface area (Å²) in [6.07, 6.45) is 3.30. The van der Waals surface area contributed by atoms with Gasteiger partial charge < -0.3 is 9.84 Å². The molecule has 0 saturated carbocycles. The maximum atomic E-state index is 12.3. The molecule has 1 aliphatic rings. The van der Waals surface area contributed by atoms with Crippen LogP contribution >= 0.6 is 0 Å². The van der Waals surface area contributed by atoms with E-state index in [2.05, 4.69) is 0 Å². The Bertz CT molecular complexity index is 734. The van der Waals surface area contributed by atoms with Crippen LogP contribution in [-0.2, 0) is 26.0 Å². The van der Waals surface area contributed by atoms with Crippen LogP contribution in [0.1, 0.15) is 33.3 Å². The third kappa shape index (κ3) is 4.39. The molecule has 1 aliphatic heterocycles. The number of aliphatic carboxylic acids is 1. The van der Waals surface area contributed by atoms with E-state index in [0.29, 0.717) is 5.57 Å². The topological polar surface area (TPSA) is 86.7 Å². The molecular formula is C20H24NO5. The molecule has 1 aromatic rings. The number of esters is 1. The third-order valence-electron chi connectivity index (χ3n) is 4.44. The number of hydroxylamine groups is 2. The summed E-state index contributed by atoms with van der Waals surface area (Å²) in [7, 11) is 0. The molecule has 1 heterocycles. The van der Waals surface area contributed by atoms with Crippen LogP contribution in [0.15, 0.2) is 54.1 Å². The molecule has 1 aromatic carbocycles. The van der Waals surface area contributed by atoms with E-state index in [1.165, 1.54) is 12.2 Å². The Hall–Kier alpha value is -2.44. The van der Waals surface area contributed by atoms with Gasteiger partial charge in [0.2, 0.25) is 6.10 Å². The van der Waals surface area contributed by atoms with Crippen LogP contribution in [0, 0.1) is 0 Å². The molecular weight excluding hydrogens is 334 g/mol. The van der Waals surface area contributed by atoms with Crippen LogP contribution in [0.25, 0.3) is 0 Å². The van der Waals surface area contributed by atoms with Crippen molar-refractivity contribution in [3.05, 3.63) is 59.7 Å². The summed E-state index contributed by atoms with van der Waals surface area (Å²) in [6.45, 7) is 7.12. The summed E-state index contributed by atoms with van der Waals surface area (Å²) < 4.78 is 5.08. The van der Waals surface area contributed by atoms with E-state index in [1.807, 2.05) is 6.07 Å². The number of carbonyl (C=O) groups is 2. The molecule has 0 bridgehead atoms. The van der Waals surface area contributed by atoms with E-state index in [9.17, 15) is 19.9 Å². The van der Waals surface area contributed by atoms with Crippen molar-refractivity contribution in [3.8, 4) is 0 Å². The van der Waals surface area contributed by atoms with Crippen molar-refractivity contribution < 1.29 is 24.6 Å². The second-order valence-electron chi connectivity index (χ2n) is 7.39. The maximum absolute atomic E-state index is 12.3. The zero-order valence-corrected chi connectivity index (χ0v) is 15.4. The Morgan fingerprint density at radius 3 is 2.31 bits per heavy atom. The summed E-state index contributed by atoms with van der Waals surface area (Å²) in [5.74, 6) is -1.96. The highest BCUT2D eigenvalue weighted by atomic mass is 16.6. The Morgan fingerprint density at radius 1 is 1.19 bits per heavy atom. The first-order valence-electron chi connectivity index (χ1n) is 8.40. The number of hydrogen-bond acceptors (Lipinski definition) is 4. The van der Waals surface area contributed by atoms with Gasteiger partial charge in [-0.25, -0.2) is 9.59 Å². The highest BCUT2D eigenvalue weighted by molar-refractivity contribution is 5.85. The fraction of sp³-hybridized carbons (Fsp3) is 0.400. The smallest absolute Gasteiger partial charge is 0.345 e. The van der Waals surface area contributed by atoms with Crippen molar-refractivity contribution >= 4 is 11.9 Å². The molecule has 0 amide bonds. The van der Waals surface area contributed by atoms with Gasteiger partial charge in [0, 0.05) is 12.5 Å². The van der Waals surface area contributed by atoms with Gasteiger partial charge in [0.25, 0.3) is 0 Å². The van der Waals surface area contributed by atoms with Gasteiger partial charge in [-0.05, 0) is 38.8 Å². The van der Waals surface area contributed by atoms with E-state index in [0.717, 1.165) is 10.6 Å². The SMILES string of the molecule is CC1(C)C=C(/C=C/C(=O)O[C@@H](Cc2ccccc2)C(=O)O)C(C)(C)N1[O]. The molecule has 139 valence electrons. The molecule has 0 saturated heterocycles. The number of hydrogen-bond donors (Lipinski definition) is 1. The first-order chi connectivity index (χ1) is 12.0. The normalized spacial score (nSPS) is 20.0. The average molecular weight is 358 g/mol. The van der Waals surface area contributed by atoms with E-state index in [1.54, 1.807) is 58.0 Å². The predicted octanol–water partition coefficient (Wildman–Crippen LogP) is 2.93. The molecule has 0 aromatic heterocycles. The molecule has 1 radical (unpaired) electrons. The van der Waals surface area contributed by atoms with E-state index < -0.39 is 29.1 Å². The van der Waals surface area contributed by atoms with Crippen molar-refractivity contribution in [2.75, 3.05) is 0 Å². The minimum absolute atomic E-state index is 0.0886. The first-order valence-corrected chi connectivity index (χ1v) is 8.40. The fourth-order valence-corrected chi connectivity index (χ4v) is 3.05.